The monoisotopic (exact) mass is 284 g/mol. The van der Waals surface area contributed by atoms with E-state index in [1.165, 1.54) is 12.1 Å². The number of benzene rings is 1. The average molecular weight is 285 g/mol. The summed E-state index contributed by atoms with van der Waals surface area (Å²) in [6.45, 7) is 1.58. The maximum Gasteiger partial charge on any atom is 0.244 e. The van der Waals surface area contributed by atoms with Crippen molar-refractivity contribution in [3.8, 4) is 0 Å². The summed E-state index contributed by atoms with van der Waals surface area (Å²) >= 11 is 0. The Kier molecular flexibility index (Phi) is 4.42. The molecule has 0 aromatic heterocycles. The van der Waals surface area contributed by atoms with Gasteiger partial charge in [-0.2, -0.15) is 0 Å². The van der Waals surface area contributed by atoms with Crippen LogP contribution >= 0.6 is 12.4 Å². The van der Waals surface area contributed by atoms with Crippen LogP contribution in [0.3, 0.4) is 0 Å². The van der Waals surface area contributed by atoms with Crippen LogP contribution in [-0.4, -0.2) is 25.0 Å². The van der Waals surface area contributed by atoms with Gasteiger partial charge < -0.3 is 10.2 Å². The minimum absolute atomic E-state index is 0. The van der Waals surface area contributed by atoms with Gasteiger partial charge in [0.2, 0.25) is 5.91 Å². The van der Waals surface area contributed by atoms with Crippen LogP contribution in [-0.2, 0) is 11.2 Å². The summed E-state index contributed by atoms with van der Waals surface area (Å²) in [4.78, 5) is 14.2. The standard InChI is InChI=1S/C14H17FN2O.ClH/c15-11-5-4-10-6-8-17(13(10)9-11)14(18)12-3-1-2-7-16-12;/h4-5,9,12,16H,1-3,6-8H2;1H/t12-;/m1./s1. The molecule has 1 aromatic rings. The van der Waals surface area contributed by atoms with Crippen LogP contribution in [0.15, 0.2) is 18.2 Å². The Balaban J connectivity index is 0.00000133. The van der Waals surface area contributed by atoms with Crippen LogP contribution in [0.5, 0.6) is 0 Å². The fourth-order valence-corrected chi connectivity index (χ4v) is 2.83. The first-order chi connectivity index (χ1) is 8.75. The van der Waals surface area contributed by atoms with Gasteiger partial charge in [-0.1, -0.05) is 12.5 Å². The van der Waals surface area contributed by atoms with Crippen LogP contribution in [0.1, 0.15) is 24.8 Å². The van der Waals surface area contributed by atoms with Crippen molar-refractivity contribution in [1.29, 1.82) is 0 Å². The number of nitrogens with one attached hydrogen (secondary N) is 1. The largest absolute Gasteiger partial charge is 0.310 e. The summed E-state index contributed by atoms with van der Waals surface area (Å²) in [5.41, 5.74) is 1.83. The van der Waals surface area contributed by atoms with E-state index < -0.39 is 0 Å². The number of hydrogen-bond acceptors (Lipinski definition) is 2. The molecule has 1 amide bonds. The van der Waals surface area contributed by atoms with E-state index in [0.717, 1.165) is 43.5 Å². The van der Waals surface area contributed by atoms with Gasteiger partial charge in [-0.05, 0) is 43.5 Å². The molecule has 2 aliphatic heterocycles. The molecule has 0 aliphatic carbocycles. The minimum atomic E-state index is -0.273. The molecule has 5 heteroatoms. The van der Waals surface area contributed by atoms with E-state index in [4.69, 9.17) is 0 Å². The summed E-state index contributed by atoms with van der Waals surface area (Å²) in [5, 5.41) is 3.26. The summed E-state index contributed by atoms with van der Waals surface area (Å²) in [6, 6.07) is 4.63. The van der Waals surface area contributed by atoms with E-state index in [1.807, 2.05) is 0 Å². The number of carbonyl (C=O) groups is 1. The number of fused-ring (bicyclic) bond motifs is 1. The Labute approximate surface area is 118 Å². The van der Waals surface area contributed by atoms with E-state index in [0.29, 0.717) is 6.54 Å². The first kappa shape index (κ1) is 14.3. The van der Waals surface area contributed by atoms with Crippen molar-refractivity contribution in [1.82, 2.24) is 5.32 Å². The Hall–Kier alpha value is -1.13. The third-order valence-corrected chi connectivity index (χ3v) is 3.82. The molecule has 0 unspecified atom stereocenters. The van der Waals surface area contributed by atoms with Gasteiger partial charge >= 0.3 is 0 Å². The molecular weight excluding hydrogens is 267 g/mol. The van der Waals surface area contributed by atoms with Crippen molar-refractivity contribution in [2.75, 3.05) is 18.0 Å². The van der Waals surface area contributed by atoms with E-state index in [9.17, 15) is 9.18 Å². The fraction of sp³-hybridized carbons (Fsp3) is 0.500. The molecule has 3 nitrogen and oxygen atoms in total. The normalized spacial score (nSPS) is 21.7. The van der Waals surface area contributed by atoms with Gasteiger partial charge in [-0.3, -0.25) is 4.79 Å². The molecule has 0 saturated carbocycles. The fourth-order valence-electron chi connectivity index (χ4n) is 2.83. The molecule has 0 bridgehead atoms. The predicted octanol–water partition coefficient (Wildman–Crippen LogP) is 2.28. The first-order valence-electron chi connectivity index (χ1n) is 6.59. The van der Waals surface area contributed by atoms with E-state index in [-0.39, 0.29) is 30.2 Å². The first-order valence-corrected chi connectivity index (χ1v) is 6.59. The lowest BCUT2D eigenvalue weighted by Crippen LogP contribution is -2.48. The second-order valence-electron chi connectivity index (χ2n) is 5.02. The lowest BCUT2D eigenvalue weighted by atomic mass is 10.0. The molecule has 1 atom stereocenters. The Morgan fingerprint density at radius 2 is 2.21 bits per heavy atom. The molecule has 1 fully saturated rings. The average Bonchev–Trinajstić information content (AvgIpc) is 2.82. The van der Waals surface area contributed by atoms with E-state index in [1.54, 1.807) is 11.0 Å². The number of carbonyl (C=O) groups excluding carboxylic acids is 1. The van der Waals surface area contributed by atoms with E-state index >= 15 is 0 Å². The molecule has 2 heterocycles. The van der Waals surface area contributed by atoms with Crippen molar-refractivity contribution >= 4 is 24.0 Å². The van der Waals surface area contributed by atoms with Crippen molar-refractivity contribution in [3.63, 3.8) is 0 Å². The second kappa shape index (κ2) is 5.88. The number of halogens is 2. The number of amides is 1. The van der Waals surface area contributed by atoms with Crippen LogP contribution < -0.4 is 10.2 Å². The Morgan fingerprint density at radius 1 is 1.37 bits per heavy atom. The maximum atomic E-state index is 13.3. The van der Waals surface area contributed by atoms with Gasteiger partial charge in [0.1, 0.15) is 5.82 Å². The van der Waals surface area contributed by atoms with Crippen LogP contribution in [0.2, 0.25) is 0 Å². The van der Waals surface area contributed by atoms with Crippen molar-refractivity contribution < 1.29 is 9.18 Å². The highest BCUT2D eigenvalue weighted by Gasteiger charge is 2.30. The second-order valence-corrected chi connectivity index (χ2v) is 5.02. The van der Waals surface area contributed by atoms with Gasteiger partial charge in [0.25, 0.3) is 0 Å². The predicted molar refractivity (Wildman–Crippen MR) is 75.3 cm³/mol. The summed E-state index contributed by atoms with van der Waals surface area (Å²) < 4.78 is 13.3. The van der Waals surface area contributed by atoms with Crippen LogP contribution in [0, 0.1) is 5.82 Å². The third-order valence-electron chi connectivity index (χ3n) is 3.82. The zero-order chi connectivity index (χ0) is 12.5. The van der Waals surface area contributed by atoms with Gasteiger partial charge in [0.15, 0.2) is 0 Å². The lowest BCUT2D eigenvalue weighted by Gasteiger charge is -2.27. The third kappa shape index (κ3) is 2.74. The van der Waals surface area contributed by atoms with Crippen molar-refractivity contribution in [2.24, 2.45) is 0 Å². The Morgan fingerprint density at radius 3 is 2.95 bits per heavy atom. The summed E-state index contributed by atoms with van der Waals surface area (Å²) in [5.74, 6) is -0.177. The zero-order valence-corrected chi connectivity index (χ0v) is 11.5. The van der Waals surface area contributed by atoms with Crippen molar-refractivity contribution in [2.45, 2.75) is 31.7 Å². The number of piperidine rings is 1. The number of hydrogen-bond donors (Lipinski definition) is 1. The number of anilines is 1. The van der Waals surface area contributed by atoms with Crippen LogP contribution in [0.4, 0.5) is 10.1 Å². The highest BCUT2D eigenvalue weighted by molar-refractivity contribution is 5.99. The molecule has 0 radical (unpaired) electrons. The SMILES string of the molecule is Cl.O=C([C@H]1CCCCN1)N1CCc2ccc(F)cc21. The number of rotatable bonds is 1. The molecule has 1 aromatic carbocycles. The molecule has 0 spiro atoms. The highest BCUT2D eigenvalue weighted by atomic mass is 35.5. The van der Waals surface area contributed by atoms with Gasteiger partial charge in [0, 0.05) is 12.2 Å². The minimum Gasteiger partial charge on any atom is -0.310 e. The molecule has 2 aliphatic rings. The van der Waals surface area contributed by atoms with Crippen molar-refractivity contribution in [3.05, 3.63) is 29.6 Å². The highest BCUT2D eigenvalue weighted by Crippen LogP contribution is 2.29. The molecule has 19 heavy (non-hydrogen) atoms. The summed E-state index contributed by atoms with van der Waals surface area (Å²) in [7, 11) is 0. The molecular formula is C14H18ClFN2O. The smallest absolute Gasteiger partial charge is 0.244 e. The van der Waals surface area contributed by atoms with E-state index in [2.05, 4.69) is 5.32 Å². The molecule has 3 rings (SSSR count). The van der Waals surface area contributed by atoms with Gasteiger partial charge in [0.05, 0.1) is 6.04 Å². The Bertz CT molecular complexity index is 475. The molecule has 1 N–H and O–H groups in total. The number of nitrogens with zero attached hydrogens (tertiary/aromatic N) is 1. The van der Waals surface area contributed by atoms with Crippen LogP contribution in [0.25, 0.3) is 0 Å². The summed E-state index contributed by atoms with van der Waals surface area (Å²) in [6.07, 6.45) is 3.94. The topological polar surface area (TPSA) is 32.3 Å². The lowest BCUT2D eigenvalue weighted by molar-refractivity contribution is -0.121. The maximum absolute atomic E-state index is 13.3. The quantitative estimate of drug-likeness (QED) is 0.858. The molecule has 104 valence electrons. The molecule has 1 saturated heterocycles. The van der Waals surface area contributed by atoms with Gasteiger partial charge in [-0.15, -0.1) is 12.4 Å². The zero-order valence-electron chi connectivity index (χ0n) is 10.7. The van der Waals surface area contributed by atoms with Gasteiger partial charge in [-0.25, -0.2) is 4.39 Å².